The zero-order valence-electron chi connectivity index (χ0n) is 54.3. The van der Waals surface area contributed by atoms with Crippen molar-refractivity contribution in [3.8, 4) is 51.5 Å². The van der Waals surface area contributed by atoms with E-state index in [1.807, 2.05) is 0 Å². The minimum atomic E-state index is -0.317. The summed E-state index contributed by atoms with van der Waals surface area (Å²) in [6, 6.07) is 107. The van der Waals surface area contributed by atoms with Gasteiger partial charge in [-0.25, -0.2) is 0 Å². The van der Waals surface area contributed by atoms with Crippen LogP contribution in [-0.4, -0.2) is 20.4 Å². The number of aromatic nitrogens is 3. The van der Waals surface area contributed by atoms with Crippen LogP contribution >= 0.6 is 0 Å². The average molecular weight is 1230 g/mol. The molecule has 0 unspecified atom stereocenters. The lowest BCUT2D eigenvalue weighted by atomic mass is 9.33. The zero-order valence-corrected chi connectivity index (χ0v) is 54.3. The van der Waals surface area contributed by atoms with Gasteiger partial charge in [0.05, 0.1) is 73.4 Å². The van der Waals surface area contributed by atoms with Gasteiger partial charge in [-0.2, -0.15) is 10.5 Å². The Bertz CT molecular complexity index is 5650. The fraction of sp³-hybridized carbons (Fsp3) is 0.0909. The van der Waals surface area contributed by atoms with Crippen molar-refractivity contribution in [2.45, 2.75) is 52.4 Å². The molecule has 8 heteroatoms. The van der Waals surface area contributed by atoms with E-state index in [0.717, 1.165) is 155 Å². The van der Waals surface area contributed by atoms with Crippen molar-refractivity contribution in [2.24, 2.45) is 0 Å². The summed E-state index contributed by atoms with van der Waals surface area (Å²) in [7, 11) is 0. The van der Waals surface area contributed by atoms with Gasteiger partial charge in [0.25, 0.3) is 6.71 Å². The second-order valence-electron chi connectivity index (χ2n) is 28.0. The summed E-state index contributed by atoms with van der Waals surface area (Å²) in [5.74, 6) is 0. The first kappa shape index (κ1) is 56.6. The van der Waals surface area contributed by atoms with E-state index < -0.39 is 0 Å². The number of nitrogens with zero attached hydrogens (tertiary/aromatic N) is 7. The molecule has 0 N–H and O–H groups in total. The van der Waals surface area contributed by atoms with Crippen LogP contribution in [0.25, 0.3) is 105 Å². The first-order valence-corrected chi connectivity index (χ1v) is 33.1. The molecule has 0 radical (unpaired) electrons. The smallest absolute Gasteiger partial charge is 0.252 e. The molecule has 0 spiro atoms. The van der Waals surface area contributed by atoms with Gasteiger partial charge in [0.15, 0.2) is 0 Å². The van der Waals surface area contributed by atoms with E-state index in [0.29, 0.717) is 11.1 Å². The number of rotatable bonds is 7. The predicted molar refractivity (Wildman–Crippen MR) is 401 cm³/mol. The van der Waals surface area contributed by atoms with Crippen LogP contribution in [0.2, 0.25) is 0 Å². The van der Waals surface area contributed by atoms with Crippen LogP contribution in [-0.2, 0) is 10.8 Å². The molecule has 0 fully saturated rings. The Balaban J connectivity index is 1.06. The standard InChI is InChI=1S/C88H64BN7/c1-87(2,3)61-37-41-76-68(49-61)70-43-55(53-90)45-82(85(70)93(76)63-27-15-9-16-28-63)95-78-47-59(57-23-11-7-12-24-57)35-39-72(78)89-73-40-36-60(58-25-13-8-14-26-58)48-79(73)96(81-52-65(51-80(95)84(81)89)92-74-33-21-19-31-66(74)67-32-20-22-34-75(67)92)83-46-56(54-91)44-71-69-50-62(88(4,5)6)38-42-77(69)94(86(71)83)64-29-17-10-18-30-64/h7-52H,1-6H3. The Morgan fingerprint density at radius 1 is 0.292 bits per heavy atom. The van der Waals surface area contributed by atoms with Crippen molar-refractivity contribution < 1.29 is 0 Å². The highest BCUT2D eigenvalue weighted by molar-refractivity contribution is 7.00. The maximum absolute atomic E-state index is 11.6. The monoisotopic (exact) mass is 1230 g/mol. The van der Waals surface area contributed by atoms with Gasteiger partial charge in [0.2, 0.25) is 0 Å². The Morgan fingerprint density at radius 2 is 0.677 bits per heavy atom. The lowest BCUT2D eigenvalue weighted by Gasteiger charge is -2.45. The molecule has 2 aliphatic rings. The van der Waals surface area contributed by atoms with Gasteiger partial charge in [0, 0.05) is 66.4 Å². The second-order valence-corrected chi connectivity index (χ2v) is 28.0. The van der Waals surface area contributed by atoms with Gasteiger partial charge < -0.3 is 23.5 Å². The van der Waals surface area contributed by atoms with E-state index in [9.17, 15) is 10.5 Å². The molecule has 0 bridgehead atoms. The van der Waals surface area contributed by atoms with Gasteiger partial charge in [0.1, 0.15) is 0 Å². The van der Waals surface area contributed by atoms with Crippen LogP contribution in [0.3, 0.4) is 0 Å². The highest BCUT2D eigenvalue weighted by Crippen LogP contribution is 2.53. The van der Waals surface area contributed by atoms with Gasteiger partial charge in [-0.1, -0.05) is 211 Å². The molecule has 5 heterocycles. The maximum Gasteiger partial charge on any atom is 0.252 e. The van der Waals surface area contributed by atoms with Crippen molar-refractivity contribution in [2.75, 3.05) is 9.80 Å². The molecule has 0 atom stereocenters. The third-order valence-electron chi connectivity index (χ3n) is 20.3. The maximum atomic E-state index is 11.6. The SMILES string of the molecule is CC(C)(C)c1ccc2c(c1)c1cc(C#N)cc(N3c4cc(-c5ccccc5)ccc4B4c5ccc(-c6ccccc6)cc5N(c5cc(C#N)cc6c7cc(C(C)(C)C)ccc7n(-c7ccccc7)c56)c5cc(-n6c7ccccc7c7ccccc76)cc3c54)c1n2-c1ccccc1. The van der Waals surface area contributed by atoms with Crippen molar-refractivity contribution in [3.63, 3.8) is 0 Å². The van der Waals surface area contributed by atoms with Gasteiger partial charge in [-0.3, -0.25) is 0 Å². The summed E-state index contributed by atoms with van der Waals surface area (Å²) in [4.78, 5) is 5.02. The third-order valence-corrected chi connectivity index (χ3v) is 20.3. The number of hydrogen-bond donors (Lipinski definition) is 0. The molecule has 0 amide bonds. The molecule has 7 nitrogen and oxygen atoms in total. The van der Waals surface area contributed by atoms with Crippen molar-refractivity contribution >= 4 is 123 Å². The highest BCUT2D eigenvalue weighted by atomic mass is 15.2. The number of benzene rings is 13. The van der Waals surface area contributed by atoms with Crippen LogP contribution < -0.4 is 26.2 Å². The summed E-state index contributed by atoms with van der Waals surface area (Å²) in [5.41, 5.74) is 25.8. The number of fused-ring (bicyclic) bond motifs is 13. The molecule has 0 saturated heterocycles. The molecule has 3 aromatic heterocycles. The number of anilines is 6. The molecule has 18 rings (SSSR count). The number of nitriles is 2. The number of para-hydroxylation sites is 4. The second kappa shape index (κ2) is 21.2. The van der Waals surface area contributed by atoms with Crippen LogP contribution in [0.1, 0.15) is 63.8 Å². The normalized spacial score (nSPS) is 12.8. The van der Waals surface area contributed by atoms with E-state index in [-0.39, 0.29) is 17.5 Å². The van der Waals surface area contributed by atoms with Crippen LogP contribution in [0.4, 0.5) is 34.1 Å². The van der Waals surface area contributed by atoms with Gasteiger partial charge in [-0.05, 0) is 170 Å². The molecule has 13 aromatic carbocycles. The van der Waals surface area contributed by atoms with Crippen molar-refractivity contribution in [1.82, 2.24) is 13.7 Å². The van der Waals surface area contributed by atoms with Gasteiger partial charge >= 0.3 is 0 Å². The summed E-state index contributed by atoms with van der Waals surface area (Å²) >= 11 is 0. The Hall–Kier alpha value is -12.1. The molecular weight excluding hydrogens is 1170 g/mol. The Morgan fingerprint density at radius 3 is 1.08 bits per heavy atom. The largest absolute Gasteiger partial charge is 0.309 e. The lowest BCUT2D eigenvalue weighted by Crippen LogP contribution is -2.61. The average Bonchev–Trinajstić information content (AvgIpc) is 0.773. The first-order chi connectivity index (χ1) is 46.8. The van der Waals surface area contributed by atoms with Gasteiger partial charge in [-0.15, -0.1) is 0 Å². The Kier molecular flexibility index (Phi) is 12.5. The number of hydrogen-bond acceptors (Lipinski definition) is 4. The van der Waals surface area contributed by atoms with Crippen LogP contribution in [0.15, 0.2) is 279 Å². The van der Waals surface area contributed by atoms with E-state index in [1.165, 1.54) is 11.1 Å². The van der Waals surface area contributed by atoms with Crippen molar-refractivity contribution in [3.05, 3.63) is 301 Å². The minimum absolute atomic E-state index is 0.154. The topological polar surface area (TPSA) is 68.8 Å². The molecule has 2 aliphatic heterocycles. The molecule has 16 aromatic rings. The Labute approximate surface area is 558 Å². The first-order valence-electron chi connectivity index (χ1n) is 33.1. The molecule has 454 valence electrons. The van der Waals surface area contributed by atoms with E-state index in [2.05, 4.69) is 356 Å². The van der Waals surface area contributed by atoms with E-state index in [1.54, 1.807) is 0 Å². The highest BCUT2D eigenvalue weighted by Gasteiger charge is 2.46. The summed E-state index contributed by atoms with van der Waals surface area (Å²) in [5, 5.41) is 29.6. The molecule has 0 aliphatic carbocycles. The van der Waals surface area contributed by atoms with Crippen molar-refractivity contribution in [1.29, 1.82) is 10.5 Å². The van der Waals surface area contributed by atoms with E-state index >= 15 is 0 Å². The summed E-state index contributed by atoms with van der Waals surface area (Å²) in [6.45, 7) is 13.3. The zero-order chi connectivity index (χ0) is 64.9. The van der Waals surface area contributed by atoms with Crippen LogP contribution in [0, 0.1) is 22.7 Å². The third kappa shape index (κ3) is 8.58. The predicted octanol–water partition coefficient (Wildman–Crippen LogP) is 20.7. The van der Waals surface area contributed by atoms with Crippen LogP contribution in [0.5, 0.6) is 0 Å². The quantitative estimate of drug-likeness (QED) is 0.149. The molecule has 0 saturated carbocycles. The molecular formula is C88H64BN7. The van der Waals surface area contributed by atoms with E-state index in [4.69, 9.17) is 0 Å². The minimum Gasteiger partial charge on any atom is -0.309 e. The lowest BCUT2D eigenvalue weighted by molar-refractivity contribution is 0.591. The molecule has 96 heavy (non-hydrogen) atoms. The fourth-order valence-electron chi connectivity index (χ4n) is 15.8. The fourth-order valence-corrected chi connectivity index (χ4v) is 15.8. The summed E-state index contributed by atoms with van der Waals surface area (Å²) < 4.78 is 7.30. The summed E-state index contributed by atoms with van der Waals surface area (Å²) in [6.07, 6.45) is 0.